The molecule has 2 aromatic carbocycles. The lowest BCUT2D eigenvalue weighted by atomic mass is 10.1. The Bertz CT molecular complexity index is 615. The maximum atomic E-state index is 12.2. The summed E-state index contributed by atoms with van der Waals surface area (Å²) in [7, 11) is 0. The van der Waals surface area contributed by atoms with Gasteiger partial charge in [-0.25, -0.2) is 0 Å². The van der Waals surface area contributed by atoms with Gasteiger partial charge in [0.15, 0.2) is 0 Å². The van der Waals surface area contributed by atoms with E-state index in [0.29, 0.717) is 5.56 Å². The van der Waals surface area contributed by atoms with E-state index in [0.717, 1.165) is 21.5 Å². The van der Waals surface area contributed by atoms with E-state index in [4.69, 9.17) is 4.74 Å². The summed E-state index contributed by atoms with van der Waals surface area (Å²) in [5.74, 6) is 0.665. The molecule has 0 fully saturated rings. The van der Waals surface area contributed by atoms with E-state index in [9.17, 15) is 4.79 Å². The summed E-state index contributed by atoms with van der Waals surface area (Å²) in [6.07, 6.45) is 0.134. The number of aryl methyl sites for hydroxylation is 1. The van der Waals surface area contributed by atoms with Gasteiger partial charge in [0.1, 0.15) is 5.75 Å². The zero-order valence-corrected chi connectivity index (χ0v) is 13.9. The van der Waals surface area contributed by atoms with E-state index < -0.39 is 0 Å². The van der Waals surface area contributed by atoms with Gasteiger partial charge < -0.3 is 10.1 Å². The van der Waals surface area contributed by atoms with Crippen molar-refractivity contribution in [2.45, 2.75) is 26.9 Å². The van der Waals surface area contributed by atoms with Crippen LogP contribution in [-0.4, -0.2) is 12.0 Å². The molecule has 2 aromatic rings. The maximum absolute atomic E-state index is 12.2. The number of halogens is 1. The number of benzene rings is 2. The highest BCUT2D eigenvalue weighted by molar-refractivity contribution is 9.10. The van der Waals surface area contributed by atoms with Gasteiger partial charge >= 0.3 is 0 Å². The summed E-state index contributed by atoms with van der Waals surface area (Å²) >= 11 is 3.40. The standard InChI is InChI=1S/C17H18BrNO2/c1-11(2)21-16-6-4-15(5-7-16)19-17(20)13-8-12(3)9-14(18)10-13/h4-11H,1-3H3,(H,19,20). The minimum absolute atomic E-state index is 0.128. The lowest BCUT2D eigenvalue weighted by Gasteiger charge is -2.11. The van der Waals surface area contributed by atoms with Crippen molar-refractivity contribution in [3.8, 4) is 5.75 Å². The molecular weight excluding hydrogens is 330 g/mol. The second-order valence-electron chi connectivity index (χ2n) is 5.16. The molecule has 0 spiro atoms. The van der Waals surface area contributed by atoms with Crippen molar-refractivity contribution in [3.05, 3.63) is 58.1 Å². The van der Waals surface area contributed by atoms with Crippen LogP contribution in [0, 0.1) is 6.92 Å². The number of hydrogen-bond donors (Lipinski definition) is 1. The summed E-state index contributed by atoms with van der Waals surface area (Å²) in [6.45, 7) is 5.91. The molecule has 0 saturated heterocycles. The molecule has 4 heteroatoms. The van der Waals surface area contributed by atoms with Crippen LogP contribution in [0.5, 0.6) is 5.75 Å². The highest BCUT2D eigenvalue weighted by atomic mass is 79.9. The summed E-state index contributed by atoms with van der Waals surface area (Å²) in [5, 5.41) is 2.88. The number of carbonyl (C=O) groups is 1. The van der Waals surface area contributed by atoms with Gasteiger partial charge in [0.25, 0.3) is 5.91 Å². The molecular formula is C17H18BrNO2. The Hall–Kier alpha value is -1.81. The molecule has 0 radical (unpaired) electrons. The first-order valence-electron chi connectivity index (χ1n) is 6.79. The average Bonchev–Trinajstić information content (AvgIpc) is 2.39. The van der Waals surface area contributed by atoms with Crippen molar-refractivity contribution in [2.75, 3.05) is 5.32 Å². The molecule has 0 atom stereocenters. The van der Waals surface area contributed by atoms with Crippen LogP contribution in [0.4, 0.5) is 5.69 Å². The number of carbonyl (C=O) groups excluding carboxylic acids is 1. The molecule has 0 saturated carbocycles. The molecule has 0 aliphatic rings. The van der Waals surface area contributed by atoms with Crippen LogP contribution >= 0.6 is 15.9 Å². The Morgan fingerprint density at radius 2 is 1.81 bits per heavy atom. The van der Waals surface area contributed by atoms with Gasteiger partial charge in [-0.1, -0.05) is 15.9 Å². The first-order chi connectivity index (χ1) is 9.94. The van der Waals surface area contributed by atoms with Gasteiger partial charge in [-0.3, -0.25) is 4.79 Å². The molecule has 0 heterocycles. The molecule has 3 nitrogen and oxygen atoms in total. The monoisotopic (exact) mass is 347 g/mol. The number of amides is 1. The third-order valence-electron chi connectivity index (χ3n) is 2.79. The van der Waals surface area contributed by atoms with Gasteiger partial charge in [0.05, 0.1) is 6.10 Å². The molecule has 110 valence electrons. The van der Waals surface area contributed by atoms with E-state index in [-0.39, 0.29) is 12.0 Å². The number of rotatable bonds is 4. The molecule has 0 aliphatic heterocycles. The van der Waals surface area contributed by atoms with Gasteiger partial charge in [-0.15, -0.1) is 0 Å². The van der Waals surface area contributed by atoms with Crippen molar-refractivity contribution >= 4 is 27.5 Å². The fourth-order valence-corrected chi connectivity index (χ4v) is 2.57. The zero-order chi connectivity index (χ0) is 15.4. The van der Waals surface area contributed by atoms with Crippen LogP contribution < -0.4 is 10.1 Å². The van der Waals surface area contributed by atoms with Crippen LogP contribution in [0.25, 0.3) is 0 Å². The van der Waals surface area contributed by atoms with Crippen LogP contribution in [0.2, 0.25) is 0 Å². The molecule has 0 aromatic heterocycles. The van der Waals surface area contributed by atoms with E-state index in [1.165, 1.54) is 0 Å². The molecule has 2 rings (SSSR count). The predicted octanol–water partition coefficient (Wildman–Crippen LogP) is 4.80. The molecule has 0 unspecified atom stereocenters. The normalized spacial score (nSPS) is 10.5. The van der Waals surface area contributed by atoms with Gasteiger partial charge in [-0.05, 0) is 68.8 Å². The average molecular weight is 348 g/mol. The Balaban J connectivity index is 2.08. The van der Waals surface area contributed by atoms with E-state index >= 15 is 0 Å². The predicted molar refractivity (Wildman–Crippen MR) is 89.0 cm³/mol. The molecule has 21 heavy (non-hydrogen) atoms. The number of ether oxygens (including phenoxy) is 1. The van der Waals surface area contributed by atoms with Crippen LogP contribution in [-0.2, 0) is 0 Å². The molecule has 1 N–H and O–H groups in total. The van der Waals surface area contributed by atoms with E-state index in [1.54, 1.807) is 6.07 Å². The van der Waals surface area contributed by atoms with Gasteiger partial charge in [-0.2, -0.15) is 0 Å². The van der Waals surface area contributed by atoms with Crippen LogP contribution in [0.3, 0.4) is 0 Å². The lowest BCUT2D eigenvalue weighted by molar-refractivity contribution is 0.102. The number of anilines is 1. The van der Waals surface area contributed by atoms with Crippen molar-refractivity contribution in [3.63, 3.8) is 0 Å². The van der Waals surface area contributed by atoms with Crippen molar-refractivity contribution in [1.82, 2.24) is 0 Å². The van der Waals surface area contributed by atoms with Crippen LogP contribution in [0.1, 0.15) is 29.8 Å². The number of hydrogen-bond acceptors (Lipinski definition) is 2. The van der Waals surface area contributed by atoms with Crippen molar-refractivity contribution in [2.24, 2.45) is 0 Å². The second kappa shape index (κ2) is 6.76. The summed E-state index contributed by atoms with van der Waals surface area (Å²) in [5.41, 5.74) is 2.41. The molecule has 0 bridgehead atoms. The fraction of sp³-hybridized carbons (Fsp3) is 0.235. The quantitative estimate of drug-likeness (QED) is 0.862. The Labute approximate surface area is 133 Å². The minimum Gasteiger partial charge on any atom is -0.491 e. The SMILES string of the molecule is Cc1cc(Br)cc(C(=O)Nc2ccc(OC(C)C)cc2)c1. The van der Waals surface area contributed by atoms with Gasteiger partial charge in [0.2, 0.25) is 0 Å². The Morgan fingerprint density at radius 1 is 1.14 bits per heavy atom. The first kappa shape index (κ1) is 15.6. The summed E-state index contributed by atoms with van der Waals surface area (Å²) in [6, 6.07) is 13.0. The Morgan fingerprint density at radius 3 is 2.38 bits per heavy atom. The largest absolute Gasteiger partial charge is 0.491 e. The third kappa shape index (κ3) is 4.60. The zero-order valence-electron chi connectivity index (χ0n) is 12.3. The smallest absolute Gasteiger partial charge is 0.255 e. The number of nitrogens with one attached hydrogen (secondary N) is 1. The first-order valence-corrected chi connectivity index (χ1v) is 7.58. The van der Waals surface area contributed by atoms with Crippen LogP contribution in [0.15, 0.2) is 46.9 Å². The third-order valence-corrected chi connectivity index (χ3v) is 3.25. The minimum atomic E-state index is -0.128. The van der Waals surface area contributed by atoms with Gasteiger partial charge in [0, 0.05) is 15.7 Å². The van der Waals surface area contributed by atoms with Crippen molar-refractivity contribution in [1.29, 1.82) is 0 Å². The second-order valence-corrected chi connectivity index (χ2v) is 6.08. The van der Waals surface area contributed by atoms with Crippen molar-refractivity contribution < 1.29 is 9.53 Å². The molecule has 0 aliphatic carbocycles. The van der Waals surface area contributed by atoms with E-state index in [1.807, 2.05) is 57.2 Å². The highest BCUT2D eigenvalue weighted by Crippen LogP contribution is 2.19. The maximum Gasteiger partial charge on any atom is 0.255 e. The van der Waals surface area contributed by atoms with E-state index in [2.05, 4.69) is 21.2 Å². The topological polar surface area (TPSA) is 38.3 Å². The highest BCUT2D eigenvalue weighted by Gasteiger charge is 2.08. The summed E-state index contributed by atoms with van der Waals surface area (Å²) < 4.78 is 6.47. The summed E-state index contributed by atoms with van der Waals surface area (Å²) in [4.78, 5) is 12.2. The Kier molecular flexibility index (Phi) is 5.02. The fourth-order valence-electron chi connectivity index (χ4n) is 1.96. The lowest BCUT2D eigenvalue weighted by Crippen LogP contribution is -2.12. The molecule has 1 amide bonds.